The van der Waals surface area contributed by atoms with Crippen LogP contribution in [0.25, 0.3) is 0 Å². The highest BCUT2D eigenvalue weighted by Crippen LogP contribution is 2.44. The highest BCUT2D eigenvalue weighted by Gasteiger charge is 2.57. The van der Waals surface area contributed by atoms with Gasteiger partial charge in [-0.3, -0.25) is 14.4 Å². The summed E-state index contributed by atoms with van der Waals surface area (Å²) in [5, 5.41) is 26.9. The summed E-state index contributed by atoms with van der Waals surface area (Å²) in [4.78, 5) is 51.6. The van der Waals surface area contributed by atoms with Crippen molar-refractivity contribution < 1.29 is 29.0 Å². The van der Waals surface area contributed by atoms with Gasteiger partial charge >= 0.3 is 12.1 Å². The van der Waals surface area contributed by atoms with Crippen LogP contribution in [-0.4, -0.2) is 89.2 Å². The molecule has 0 aliphatic carbocycles. The number of amides is 3. The number of carbonyl (C=O) groups excluding carboxylic acids is 3. The molecule has 2 unspecified atom stereocenters. The molecule has 15 heteroatoms. The molecule has 3 N–H and O–H groups in total. The molecule has 0 radical (unpaired) electrons. The lowest BCUT2D eigenvalue weighted by Crippen LogP contribution is -2.74. The van der Waals surface area contributed by atoms with Gasteiger partial charge in [0.25, 0.3) is 0 Å². The summed E-state index contributed by atoms with van der Waals surface area (Å²) in [7, 11) is 1.67. The van der Waals surface area contributed by atoms with E-state index in [1.807, 2.05) is 12.1 Å². The molecular formula is C24H31N7O6S2. The molecule has 1 aromatic heterocycles. The zero-order valence-electron chi connectivity index (χ0n) is 22.0. The Morgan fingerprint density at radius 2 is 1.97 bits per heavy atom. The van der Waals surface area contributed by atoms with Crippen molar-refractivity contribution in [1.29, 1.82) is 0 Å². The summed E-state index contributed by atoms with van der Waals surface area (Å²) in [6.45, 7) is 5.55. The number of hydrogen-bond donors (Lipinski definition) is 3. The first-order valence-electron chi connectivity index (χ1n) is 12.2. The number of aryl methyl sites for hydroxylation is 1. The number of nitrogens with zero attached hydrogens (tertiary/aromatic N) is 5. The fraction of sp³-hybridized carbons (Fsp3) is 0.542. The number of fused-ring (bicyclic) bond motifs is 1. The van der Waals surface area contributed by atoms with Gasteiger partial charge in [0.05, 0.1) is 6.42 Å². The molecule has 4 rings (SSSR count). The number of tetrazole rings is 1. The van der Waals surface area contributed by atoms with Crippen molar-refractivity contribution in [2.24, 2.45) is 12.5 Å². The number of aliphatic carboxylic acids is 1. The highest BCUT2D eigenvalue weighted by atomic mass is 32.2. The molecule has 13 nitrogen and oxygen atoms in total. The fourth-order valence-electron chi connectivity index (χ4n) is 4.23. The monoisotopic (exact) mass is 577 g/mol. The Balaban J connectivity index is 1.33. The predicted octanol–water partition coefficient (Wildman–Crippen LogP) is 1.04. The van der Waals surface area contributed by atoms with Gasteiger partial charge in [-0.05, 0) is 42.3 Å². The summed E-state index contributed by atoms with van der Waals surface area (Å²) < 4.78 is 6.73. The number of thioether (sulfide) groups is 2. The number of β-lactam (4-membered cyclic amide) rings is 1. The van der Waals surface area contributed by atoms with Crippen LogP contribution < -0.4 is 10.6 Å². The Kier molecular flexibility index (Phi) is 8.39. The van der Waals surface area contributed by atoms with Gasteiger partial charge in [0.15, 0.2) is 0 Å². The SMILES string of the molecule is Cn1nnnc1SCC1(C(=O)O)CS[C@@H]2C(NC(=O)Cc3ccccc3CNC(=O)OC(C)(C)C)C(=O)N2C1. The number of hydrogen-bond acceptors (Lipinski definition) is 10. The quantitative estimate of drug-likeness (QED) is 0.288. The summed E-state index contributed by atoms with van der Waals surface area (Å²) in [5.74, 6) is -1.16. The van der Waals surface area contributed by atoms with Gasteiger partial charge in [0.1, 0.15) is 22.4 Å². The Bertz CT molecular complexity index is 1270. The molecule has 210 valence electrons. The molecule has 0 bridgehead atoms. The second-order valence-corrected chi connectivity index (χ2v) is 12.5. The summed E-state index contributed by atoms with van der Waals surface area (Å²) in [5.41, 5.74) is -0.316. The smallest absolute Gasteiger partial charge is 0.407 e. The first-order valence-corrected chi connectivity index (χ1v) is 14.3. The van der Waals surface area contributed by atoms with E-state index in [4.69, 9.17) is 4.74 Å². The van der Waals surface area contributed by atoms with E-state index < -0.39 is 29.1 Å². The maximum Gasteiger partial charge on any atom is 0.407 e. The molecule has 2 saturated heterocycles. The number of carbonyl (C=O) groups is 4. The molecule has 0 saturated carbocycles. The van der Waals surface area contributed by atoms with Crippen molar-refractivity contribution in [1.82, 2.24) is 35.7 Å². The molecule has 39 heavy (non-hydrogen) atoms. The highest BCUT2D eigenvalue weighted by molar-refractivity contribution is 8.00. The van der Waals surface area contributed by atoms with Gasteiger partial charge in [-0.15, -0.1) is 16.9 Å². The van der Waals surface area contributed by atoms with Crippen molar-refractivity contribution in [3.8, 4) is 0 Å². The number of benzene rings is 1. The average Bonchev–Trinajstić information content (AvgIpc) is 3.28. The summed E-state index contributed by atoms with van der Waals surface area (Å²) in [6, 6.07) is 6.49. The van der Waals surface area contributed by atoms with Gasteiger partial charge in [-0.25, -0.2) is 9.48 Å². The van der Waals surface area contributed by atoms with Gasteiger partial charge in [0.2, 0.25) is 17.0 Å². The van der Waals surface area contributed by atoms with Crippen LogP contribution in [0.1, 0.15) is 31.9 Å². The Labute approximate surface area is 233 Å². The van der Waals surface area contributed by atoms with Crippen LogP contribution >= 0.6 is 23.5 Å². The van der Waals surface area contributed by atoms with Gasteiger partial charge < -0.3 is 25.4 Å². The Morgan fingerprint density at radius 3 is 2.62 bits per heavy atom. The molecule has 2 aromatic rings. The van der Waals surface area contributed by atoms with E-state index in [0.29, 0.717) is 10.7 Å². The number of aromatic nitrogens is 4. The summed E-state index contributed by atoms with van der Waals surface area (Å²) >= 11 is 2.57. The Hall–Kier alpha value is -3.33. The predicted molar refractivity (Wildman–Crippen MR) is 143 cm³/mol. The van der Waals surface area contributed by atoms with Crippen molar-refractivity contribution in [3.63, 3.8) is 0 Å². The van der Waals surface area contributed by atoms with Crippen LogP contribution in [0.4, 0.5) is 4.79 Å². The number of nitrogens with one attached hydrogen (secondary N) is 2. The number of carboxylic acids is 1. The topological polar surface area (TPSA) is 169 Å². The van der Waals surface area contributed by atoms with Crippen LogP contribution in [0, 0.1) is 5.41 Å². The van der Waals surface area contributed by atoms with E-state index in [2.05, 4.69) is 26.2 Å². The van der Waals surface area contributed by atoms with E-state index in [1.165, 1.54) is 33.1 Å². The zero-order chi connectivity index (χ0) is 28.4. The lowest BCUT2D eigenvalue weighted by Gasteiger charge is -2.53. The third kappa shape index (κ3) is 6.64. The van der Waals surface area contributed by atoms with Gasteiger partial charge in [-0.2, -0.15) is 0 Å². The lowest BCUT2D eigenvalue weighted by molar-refractivity contribution is -0.157. The third-order valence-corrected chi connectivity index (χ3v) is 9.15. The minimum Gasteiger partial charge on any atom is -0.481 e. The lowest BCUT2D eigenvalue weighted by atomic mass is 9.89. The minimum absolute atomic E-state index is 0.0226. The molecule has 2 fully saturated rings. The molecule has 3 atom stereocenters. The number of alkyl carbamates (subject to hydrolysis) is 1. The van der Waals surface area contributed by atoms with Crippen molar-refractivity contribution in [2.45, 2.75) is 55.9 Å². The van der Waals surface area contributed by atoms with Crippen LogP contribution in [0.5, 0.6) is 0 Å². The molecule has 2 aliphatic heterocycles. The van der Waals surface area contributed by atoms with Crippen LogP contribution in [-0.2, 0) is 39.1 Å². The van der Waals surface area contributed by atoms with Crippen molar-refractivity contribution >= 4 is 47.4 Å². The van der Waals surface area contributed by atoms with E-state index in [1.54, 1.807) is 40.0 Å². The van der Waals surface area contributed by atoms with E-state index in [0.717, 1.165) is 5.56 Å². The molecular weight excluding hydrogens is 546 g/mol. The van der Waals surface area contributed by atoms with Crippen molar-refractivity contribution in [2.75, 3.05) is 18.1 Å². The van der Waals surface area contributed by atoms with Crippen LogP contribution in [0.2, 0.25) is 0 Å². The Morgan fingerprint density at radius 1 is 1.26 bits per heavy atom. The molecule has 0 spiro atoms. The first kappa shape index (κ1) is 28.7. The number of ether oxygens (including phenoxy) is 1. The van der Waals surface area contributed by atoms with Crippen molar-refractivity contribution in [3.05, 3.63) is 35.4 Å². The summed E-state index contributed by atoms with van der Waals surface area (Å²) in [6.07, 6.45) is -0.533. The third-order valence-electron chi connectivity index (χ3n) is 6.27. The zero-order valence-corrected chi connectivity index (χ0v) is 23.7. The second kappa shape index (κ2) is 11.4. The van der Waals surface area contributed by atoms with Gasteiger partial charge in [-0.1, -0.05) is 36.0 Å². The maximum absolute atomic E-state index is 12.9. The standard InChI is InChI=1S/C24H31N7O6S2/c1-23(2,3)37-22(36)25-10-15-8-6-5-7-14(15)9-16(32)26-17-18(33)31-11-24(20(34)35,12-38-19(17)31)13-39-21-27-28-29-30(21)4/h5-8,17,19H,9-13H2,1-4H3,(H,25,36)(H,26,32)(H,34,35)/t17?,19-,24?/m1/s1. The molecule has 1 aromatic carbocycles. The van der Waals surface area contributed by atoms with E-state index >= 15 is 0 Å². The largest absolute Gasteiger partial charge is 0.481 e. The first-order chi connectivity index (χ1) is 18.4. The molecule has 3 amide bonds. The number of rotatable bonds is 9. The van der Waals surface area contributed by atoms with Crippen LogP contribution in [0.3, 0.4) is 0 Å². The fourth-order valence-corrected chi connectivity index (χ4v) is 6.94. The molecule has 2 aliphatic rings. The van der Waals surface area contributed by atoms with E-state index in [-0.39, 0.29) is 48.2 Å². The second-order valence-electron chi connectivity index (χ2n) is 10.5. The number of carboxylic acid groups (broad SMARTS) is 1. The van der Waals surface area contributed by atoms with Gasteiger partial charge in [0, 0.05) is 31.6 Å². The average molecular weight is 578 g/mol. The molecule has 3 heterocycles. The maximum atomic E-state index is 12.9. The minimum atomic E-state index is -1.16. The van der Waals surface area contributed by atoms with Crippen LogP contribution in [0.15, 0.2) is 29.4 Å². The van der Waals surface area contributed by atoms with E-state index in [9.17, 15) is 24.3 Å². The normalized spacial score (nSPS) is 22.5.